The molecule has 1 aromatic heterocycles. The van der Waals surface area contributed by atoms with Gasteiger partial charge in [-0.2, -0.15) is 28.1 Å². The maximum atomic E-state index is 12.5. The highest BCUT2D eigenvalue weighted by atomic mass is 19.4. The smallest absolute Gasteiger partial charge is 0.422 e. The first-order valence-corrected chi connectivity index (χ1v) is 11.3. The molecule has 12 heteroatoms. The molecule has 1 heterocycles. The van der Waals surface area contributed by atoms with Gasteiger partial charge in [0.2, 0.25) is 11.9 Å². The number of unbranched alkanes of at least 4 members (excludes halogenated alkanes) is 7. The first kappa shape index (κ1) is 27.1. The third-order valence-electron chi connectivity index (χ3n) is 4.78. The molecule has 1 aromatic carbocycles. The van der Waals surface area contributed by atoms with Crippen LogP contribution in [0.2, 0.25) is 0 Å². The third kappa shape index (κ3) is 11.1. The maximum Gasteiger partial charge on any atom is 0.422 e. The van der Waals surface area contributed by atoms with Gasteiger partial charge >= 0.3 is 18.2 Å². The summed E-state index contributed by atoms with van der Waals surface area (Å²) >= 11 is 0. The summed E-state index contributed by atoms with van der Waals surface area (Å²) in [5.41, 5.74) is 6.02. The van der Waals surface area contributed by atoms with E-state index in [1.54, 1.807) is 0 Å². The number of carboxylic acid groups (broad SMARTS) is 1. The Morgan fingerprint density at radius 3 is 2.09 bits per heavy atom. The van der Waals surface area contributed by atoms with E-state index in [1.165, 1.54) is 37.1 Å². The van der Waals surface area contributed by atoms with Crippen molar-refractivity contribution in [1.82, 2.24) is 15.0 Å². The molecule has 0 aliphatic rings. The van der Waals surface area contributed by atoms with Gasteiger partial charge in [0.1, 0.15) is 0 Å². The predicted molar refractivity (Wildman–Crippen MR) is 123 cm³/mol. The summed E-state index contributed by atoms with van der Waals surface area (Å²) in [5, 5.41) is 14.8. The Kier molecular flexibility index (Phi) is 11.3. The van der Waals surface area contributed by atoms with Gasteiger partial charge in [0.25, 0.3) is 0 Å². The van der Waals surface area contributed by atoms with Gasteiger partial charge in [-0.3, -0.25) is 0 Å². The zero-order chi connectivity index (χ0) is 24.8. The van der Waals surface area contributed by atoms with Crippen LogP contribution < -0.4 is 21.1 Å². The van der Waals surface area contributed by atoms with Crippen molar-refractivity contribution in [3.05, 3.63) is 29.8 Å². The SMILES string of the molecule is NCCCCCCCCCCNc1nc(Nc2ccc(C(=O)O)cc2)nc(OCC(F)(F)F)n1. The Bertz CT molecular complexity index is 881. The van der Waals surface area contributed by atoms with E-state index in [1.807, 2.05) is 0 Å². The van der Waals surface area contributed by atoms with Crippen LogP contribution in [0.25, 0.3) is 0 Å². The number of hydrogen-bond donors (Lipinski definition) is 4. The highest BCUT2D eigenvalue weighted by molar-refractivity contribution is 5.88. The molecule has 0 saturated heterocycles. The van der Waals surface area contributed by atoms with Crippen molar-refractivity contribution in [2.45, 2.75) is 57.5 Å². The van der Waals surface area contributed by atoms with Gasteiger partial charge in [0.05, 0.1) is 5.56 Å². The molecule has 5 N–H and O–H groups in total. The summed E-state index contributed by atoms with van der Waals surface area (Å²) in [6.45, 7) is -0.253. The molecule has 0 amide bonds. The molecule has 34 heavy (non-hydrogen) atoms. The van der Waals surface area contributed by atoms with Crippen molar-refractivity contribution >= 4 is 23.6 Å². The van der Waals surface area contributed by atoms with Crippen LogP contribution in [-0.4, -0.2) is 51.9 Å². The molecule has 0 aliphatic carbocycles. The number of alkyl halides is 3. The summed E-state index contributed by atoms with van der Waals surface area (Å²) in [6, 6.07) is 5.27. The number of nitrogens with zero attached hydrogens (tertiary/aromatic N) is 3. The van der Waals surface area contributed by atoms with E-state index >= 15 is 0 Å². The van der Waals surface area contributed by atoms with Gasteiger partial charge in [-0.05, 0) is 43.7 Å². The van der Waals surface area contributed by atoms with E-state index in [4.69, 9.17) is 10.8 Å². The number of aromatic carboxylic acids is 1. The lowest BCUT2D eigenvalue weighted by molar-refractivity contribution is -0.154. The predicted octanol–water partition coefficient (Wildman–Crippen LogP) is 4.75. The van der Waals surface area contributed by atoms with Crippen molar-refractivity contribution in [3.8, 4) is 6.01 Å². The Balaban J connectivity index is 1.91. The van der Waals surface area contributed by atoms with Gasteiger partial charge in [0.15, 0.2) is 6.61 Å². The second-order valence-electron chi connectivity index (χ2n) is 7.72. The van der Waals surface area contributed by atoms with Crippen LogP contribution in [0.4, 0.5) is 30.8 Å². The normalized spacial score (nSPS) is 11.3. The summed E-state index contributed by atoms with van der Waals surface area (Å²) in [6.07, 6.45) is 4.18. The zero-order valence-electron chi connectivity index (χ0n) is 18.9. The molecule has 0 radical (unpaired) electrons. The molecule has 9 nitrogen and oxygen atoms in total. The quantitative estimate of drug-likeness (QED) is 0.249. The van der Waals surface area contributed by atoms with Crippen molar-refractivity contribution in [1.29, 1.82) is 0 Å². The average molecular weight is 485 g/mol. The Hall–Kier alpha value is -3.15. The average Bonchev–Trinajstić information content (AvgIpc) is 2.79. The number of carbonyl (C=O) groups is 1. The first-order chi connectivity index (χ1) is 16.3. The molecule has 0 unspecified atom stereocenters. The molecule has 0 aliphatic heterocycles. The Labute approximate surface area is 196 Å². The first-order valence-electron chi connectivity index (χ1n) is 11.3. The number of halogens is 3. The number of benzene rings is 1. The number of rotatable bonds is 16. The topological polar surface area (TPSA) is 135 Å². The van der Waals surface area contributed by atoms with Crippen LogP contribution >= 0.6 is 0 Å². The lowest BCUT2D eigenvalue weighted by Crippen LogP contribution is -2.21. The zero-order valence-corrected chi connectivity index (χ0v) is 18.9. The fraction of sp³-hybridized carbons (Fsp3) is 0.545. The summed E-state index contributed by atoms with van der Waals surface area (Å²) in [7, 11) is 0. The van der Waals surface area contributed by atoms with Crippen LogP contribution in [0.15, 0.2) is 24.3 Å². The summed E-state index contributed by atoms with van der Waals surface area (Å²) < 4.78 is 42.3. The minimum absolute atomic E-state index is 0.0322. The molecule has 0 atom stereocenters. The third-order valence-corrected chi connectivity index (χ3v) is 4.78. The maximum absolute atomic E-state index is 12.5. The standard InChI is InChI=1S/C22H31F3N6O3/c23-22(24,25)15-34-21-30-19(27-14-8-6-4-2-1-3-5-7-13-26)29-20(31-21)28-17-11-9-16(10-12-17)18(32)33/h9-12H,1-8,13-15,26H2,(H,32,33)(H2,27,28,29,30,31). The van der Waals surface area contributed by atoms with E-state index in [0.717, 1.165) is 45.1 Å². The van der Waals surface area contributed by atoms with Crippen molar-refractivity contribution in [3.63, 3.8) is 0 Å². The monoisotopic (exact) mass is 484 g/mol. The Morgan fingerprint density at radius 2 is 1.50 bits per heavy atom. The molecule has 0 saturated carbocycles. The van der Waals surface area contributed by atoms with E-state index in [-0.39, 0.29) is 17.5 Å². The molecule has 2 rings (SSSR count). The van der Waals surface area contributed by atoms with Gasteiger partial charge in [-0.1, -0.05) is 38.5 Å². The number of ether oxygens (including phenoxy) is 1. The number of nitrogens with two attached hydrogens (primary N) is 1. The largest absolute Gasteiger partial charge is 0.478 e. The number of nitrogens with one attached hydrogen (secondary N) is 2. The second kappa shape index (κ2) is 14.2. The number of aromatic nitrogens is 3. The van der Waals surface area contributed by atoms with Crippen LogP contribution in [-0.2, 0) is 0 Å². The van der Waals surface area contributed by atoms with Crippen LogP contribution in [0.5, 0.6) is 6.01 Å². The summed E-state index contributed by atoms with van der Waals surface area (Å²) in [4.78, 5) is 22.9. The van der Waals surface area contributed by atoms with Crippen molar-refractivity contribution in [2.75, 3.05) is 30.3 Å². The van der Waals surface area contributed by atoms with Gasteiger partial charge in [0, 0.05) is 12.2 Å². The minimum Gasteiger partial charge on any atom is -0.478 e. The molecule has 0 bridgehead atoms. The van der Waals surface area contributed by atoms with Crippen LogP contribution in [0.3, 0.4) is 0 Å². The molecular formula is C22H31F3N6O3. The van der Waals surface area contributed by atoms with E-state index in [9.17, 15) is 18.0 Å². The van der Waals surface area contributed by atoms with Gasteiger partial charge in [-0.25, -0.2) is 4.79 Å². The molecular weight excluding hydrogens is 453 g/mol. The molecule has 0 spiro atoms. The summed E-state index contributed by atoms with van der Waals surface area (Å²) in [5.74, 6) is -1.03. The lowest BCUT2D eigenvalue weighted by Gasteiger charge is -2.12. The highest BCUT2D eigenvalue weighted by Gasteiger charge is 2.29. The van der Waals surface area contributed by atoms with E-state index < -0.39 is 24.8 Å². The van der Waals surface area contributed by atoms with Crippen molar-refractivity contribution in [2.24, 2.45) is 5.73 Å². The molecule has 0 fully saturated rings. The number of hydrogen-bond acceptors (Lipinski definition) is 8. The number of anilines is 3. The van der Waals surface area contributed by atoms with Crippen LogP contribution in [0.1, 0.15) is 61.7 Å². The minimum atomic E-state index is -4.54. The second-order valence-corrected chi connectivity index (χ2v) is 7.72. The van der Waals surface area contributed by atoms with E-state index in [0.29, 0.717) is 12.2 Å². The lowest BCUT2D eigenvalue weighted by atomic mass is 10.1. The fourth-order valence-electron chi connectivity index (χ4n) is 3.06. The Morgan fingerprint density at radius 1 is 0.912 bits per heavy atom. The molecule has 2 aromatic rings. The van der Waals surface area contributed by atoms with Crippen LogP contribution in [0, 0.1) is 0 Å². The fourth-order valence-corrected chi connectivity index (χ4v) is 3.06. The van der Waals surface area contributed by atoms with E-state index in [2.05, 4.69) is 30.3 Å². The highest BCUT2D eigenvalue weighted by Crippen LogP contribution is 2.20. The van der Waals surface area contributed by atoms with Gasteiger partial charge < -0.3 is 26.2 Å². The van der Waals surface area contributed by atoms with Crippen molar-refractivity contribution < 1.29 is 27.8 Å². The van der Waals surface area contributed by atoms with Gasteiger partial charge in [-0.15, -0.1) is 0 Å². The molecule has 188 valence electrons. The number of carboxylic acids is 1.